The van der Waals surface area contributed by atoms with Gasteiger partial charge >= 0.3 is 6.01 Å². The van der Waals surface area contributed by atoms with E-state index in [0.29, 0.717) is 32.2 Å². The Hall–Kier alpha value is -4.44. The van der Waals surface area contributed by atoms with Gasteiger partial charge in [0.2, 0.25) is 5.91 Å². The van der Waals surface area contributed by atoms with E-state index in [4.69, 9.17) is 14.7 Å². The number of hydrogen-bond acceptors (Lipinski definition) is 8. The van der Waals surface area contributed by atoms with Crippen LogP contribution in [-0.2, 0) is 30.6 Å². The summed E-state index contributed by atoms with van der Waals surface area (Å²) in [5.74, 6) is 2.56. The van der Waals surface area contributed by atoms with E-state index in [1.165, 1.54) is 17.2 Å². The average Bonchev–Trinajstić information content (AvgIpc) is 3.49. The monoisotopic (exact) mass is 607 g/mol. The molecule has 4 aliphatic rings. The summed E-state index contributed by atoms with van der Waals surface area (Å²) in [7, 11) is 4.02. The second-order valence-electron chi connectivity index (χ2n) is 12.6. The summed E-state index contributed by atoms with van der Waals surface area (Å²) >= 11 is 0. The number of amides is 2. The van der Waals surface area contributed by atoms with Crippen molar-refractivity contribution in [3.05, 3.63) is 82.4 Å². The molecule has 4 aliphatic heterocycles. The molecule has 45 heavy (non-hydrogen) atoms. The highest BCUT2D eigenvalue weighted by Gasteiger charge is 2.35. The standard InChI is InChI=1S/C35H41N7O3/c1-5-30(43)40-18-20-41(21-19-40)32-28-14-17-42(23(2)26-10-6-8-24-12-16-39(4)34(44)31(24)26)33(28)37-35(36-32)45-29-11-7-9-25-22-38(3)15-13-27(25)29/h5-11,23H,1,12-22H2,2-4H3. The molecule has 0 radical (unpaired) electrons. The first-order valence-electron chi connectivity index (χ1n) is 16.0. The Labute approximate surface area is 264 Å². The molecule has 0 bridgehead atoms. The van der Waals surface area contributed by atoms with Crippen molar-refractivity contribution >= 4 is 23.5 Å². The summed E-state index contributed by atoms with van der Waals surface area (Å²) in [5, 5.41) is 0. The van der Waals surface area contributed by atoms with Gasteiger partial charge in [-0.15, -0.1) is 0 Å². The molecule has 0 saturated carbocycles. The molecule has 2 aromatic carbocycles. The van der Waals surface area contributed by atoms with Gasteiger partial charge < -0.3 is 29.2 Å². The summed E-state index contributed by atoms with van der Waals surface area (Å²) < 4.78 is 6.57. The third-order valence-corrected chi connectivity index (χ3v) is 9.88. The highest BCUT2D eigenvalue weighted by atomic mass is 16.5. The second kappa shape index (κ2) is 11.8. The molecule has 1 atom stereocenters. The zero-order valence-corrected chi connectivity index (χ0v) is 26.5. The van der Waals surface area contributed by atoms with Crippen LogP contribution in [0.1, 0.15) is 51.1 Å². The van der Waals surface area contributed by atoms with Crippen molar-refractivity contribution in [3.63, 3.8) is 0 Å². The van der Waals surface area contributed by atoms with Crippen LogP contribution in [0.25, 0.3) is 0 Å². The van der Waals surface area contributed by atoms with Gasteiger partial charge in [0.25, 0.3) is 5.91 Å². The smallest absolute Gasteiger partial charge is 0.325 e. The lowest BCUT2D eigenvalue weighted by Gasteiger charge is -2.36. The summed E-state index contributed by atoms with van der Waals surface area (Å²) in [5.41, 5.74) is 6.52. The first-order chi connectivity index (χ1) is 21.8. The molecule has 0 N–H and O–H groups in total. The van der Waals surface area contributed by atoms with Gasteiger partial charge in [0.15, 0.2) is 0 Å². The number of carbonyl (C=O) groups excluding carboxylic acids is 2. The van der Waals surface area contributed by atoms with Crippen molar-refractivity contribution in [3.8, 4) is 11.8 Å². The molecule has 0 aliphatic carbocycles. The second-order valence-corrected chi connectivity index (χ2v) is 12.6. The molecule has 5 heterocycles. The fourth-order valence-electron chi connectivity index (χ4n) is 7.29. The van der Waals surface area contributed by atoms with Gasteiger partial charge in [0, 0.05) is 76.1 Å². The Morgan fingerprint density at radius 2 is 1.62 bits per heavy atom. The number of carbonyl (C=O) groups is 2. The molecule has 3 aromatic rings. The third-order valence-electron chi connectivity index (χ3n) is 9.88. The van der Waals surface area contributed by atoms with Crippen LogP contribution in [0.4, 0.5) is 11.6 Å². The van der Waals surface area contributed by atoms with E-state index in [1.807, 2.05) is 29.0 Å². The summed E-state index contributed by atoms with van der Waals surface area (Å²) in [6, 6.07) is 12.7. The number of hydrogen-bond donors (Lipinski definition) is 0. The number of ether oxygens (including phenoxy) is 1. The lowest BCUT2D eigenvalue weighted by Crippen LogP contribution is -2.48. The number of nitrogens with zero attached hydrogens (tertiary/aromatic N) is 7. The zero-order chi connectivity index (χ0) is 31.2. The summed E-state index contributed by atoms with van der Waals surface area (Å²) in [4.78, 5) is 46.3. The maximum Gasteiger partial charge on any atom is 0.325 e. The molecule has 1 fully saturated rings. The number of piperazine rings is 1. The molecule has 10 nitrogen and oxygen atoms in total. The quantitative estimate of drug-likeness (QED) is 0.391. The fourth-order valence-corrected chi connectivity index (χ4v) is 7.29. The van der Waals surface area contributed by atoms with Crippen LogP contribution in [0.2, 0.25) is 0 Å². The molecule has 0 spiro atoms. The first-order valence-corrected chi connectivity index (χ1v) is 16.0. The van der Waals surface area contributed by atoms with Gasteiger partial charge in [0.1, 0.15) is 17.4 Å². The third kappa shape index (κ3) is 5.31. The molecule has 1 aromatic heterocycles. The van der Waals surface area contributed by atoms with E-state index in [0.717, 1.165) is 85.1 Å². The first kappa shape index (κ1) is 29.3. The molecule has 234 valence electrons. The molecule has 7 rings (SSSR count). The normalized spacial score (nSPS) is 18.8. The van der Waals surface area contributed by atoms with Crippen molar-refractivity contribution in [2.45, 2.75) is 38.8 Å². The minimum atomic E-state index is -0.0747. The molecule has 10 heteroatoms. The van der Waals surface area contributed by atoms with Gasteiger partial charge in [-0.25, -0.2) is 0 Å². The van der Waals surface area contributed by atoms with E-state index < -0.39 is 0 Å². The van der Waals surface area contributed by atoms with E-state index in [-0.39, 0.29) is 17.9 Å². The van der Waals surface area contributed by atoms with Crippen LogP contribution < -0.4 is 14.5 Å². The van der Waals surface area contributed by atoms with E-state index in [1.54, 1.807) is 0 Å². The maximum atomic E-state index is 13.4. The largest absolute Gasteiger partial charge is 0.424 e. The van der Waals surface area contributed by atoms with Gasteiger partial charge in [-0.1, -0.05) is 36.9 Å². The highest BCUT2D eigenvalue weighted by Crippen LogP contribution is 2.42. The molecule has 1 unspecified atom stereocenters. The average molecular weight is 608 g/mol. The zero-order valence-electron chi connectivity index (χ0n) is 26.5. The Bertz CT molecular complexity index is 1670. The van der Waals surface area contributed by atoms with Gasteiger partial charge in [-0.3, -0.25) is 9.59 Å². The minimum absolute atomic E-state index is 0.0440. The van der Waals surface area contributed by atoms with E-state index in [9.17, 15) is 9.59 Å². The fraction of sp³-hybridized carbons (Fsp3) is 0.429. The predicted octanol–water partition coefficient (Wildman–Crippen LogP) is 3.84. The number of anilines is 2. The Kier molecular flexibility index (Phi) is 7.69. The predicted molar refractivity (Wildman–Crippen MR) is 174 cm³/mol. The SMILES string of the molecule is C=CC(=O)N1CCN(c2nc(Oc3cccc4c3CCN(C)C4)nc3c2CCN3C(C)c2cccc3c2C(=O)N(C)CC3)CC1. The van der Waals surface area contributed by atoms with Crippen molar-refractivity contribution < 1.29 is 14.3 Å². The number of aromatic nitrogens is 2. The lowest BCUT2D eigenvalue weighted by atomic mass is 9.91. The van der Waals surface area contributed by atoms with Crippen molar-refractivity contribution in [1.82, 2.24) is 24.7 Å². The summed E-state index contributed by atoms with van der Waals surface area (Å²) in [6.45, 7) is 11.7. The molecule has 2 amide bonds. The van der Waals surface area contributed by atoms with Crippen molar-refractivity contribution in [1.29, 1.82) is 0 Å². The summed E-state index contributed by atoms with van der Waals surface area (Å²) in [6.07, 6.45) is 3.93. The van der Waals surface area contributed by atoms with Gasteiger partial charge in [-0.2, -0.15) is 9.97 Å². The van der Waals surface area contributed by atoms with E-state index >= 15 is 0 Å². The van der Waals surface area contributed by atoms with Gasteiger partial charge in [0.05, 0.1) is 6.04 Å². The topological polar surface area (TPSA) is 85.4 Å². The lowest BCUT2D eigenvalue weighted by molar-refractivity contribution is -0.126. The highest BCUT2D eigenvalue weighted by molar-refractivity contribution is 5.98. The van der Waals surface area contributed by atoms with Crippen LogP contribution >= 0.6 is 0 Å². The molecular formula is C35H41N7O3. The van der Waals surface area contributed by atoms with Crippen LogP contribution in [0.3, 0.4) is 0 Å². The van der Waals surface area contributed by atoms with Crippen molar-refractivity contribution in [2.75, 3.05) is 69.7 Å². The van der Waals surface area contributed by atoms with Crippen LogP contribution in [0.5, 0.6) is 11.8 Å². The Morgan fingerprint density at radius 1 is 0.889 bits per heavy atom. The van der Waals surface area contributed by atoms with Crippen LogP contribution in [0.15, 0.2) is 49.1 Å². The number of likely N-dealkylation sites (N-methyl/N-ethyl adjacent to an activating group) is 2. The number of benzene rings is 2. The Balaban J connectivity index is 1.27. The molecule has 1 saturated heterocycles. The van der Waals surface area contributed by atoms with E-state index in [2.05, 4.69) is 59.5 Å². The molecular weight excluding hydrogens is 566 g/mol. The van der Waals surface area contributed by atoms with Crippen molar-refractivity contribution in [2.24, 2.45) is 0 Å². The maximum absolute atomic E-state index is 13.4. The van der Waals surface area contributed by atoms with Crippen LogP contribution in [-0.4, -0.2) is 96.4 Å². The minimum Gasteiger partial charge on any atom is -0.424 e. The number of rotatable bonds is 6. The number of fused-ring (bicyclic) bond motifs is 3. The Morgan fingerprint density at radius 3 is 2.42 bits per heavy atom. The van der Waals surface area contributed by atoms with Gasteiger partial charge in [-0.05, 0) is 62.1 Å². The van der Waals surface area contributed by atoms with Crippen LogP contribution in [0, 0.1) is 0 Å².